The first-order valence-corrected chi connectivity index (χ1v) is 9.80. The second-order valence-electron chi connectivity index (χ2n) is 5.94. The van der Waals surface area contributed by atoms with E-state index in [1.807, 2.05) is 18.7 Å². The minimum atomic E-state index is -0.0688. The highest BCUT2D eigenvalue weighted by Gasteiger charge is 2.32. The highest BCUT2D eigenvalue weighted by atomic mass is 32.2. The molecule has 1 saturated heterocycles. The minimum absolute atomic E-state index is 0.0688. The molecule has 1 aromatic rings. The van der Waals surface area contributed by atoms with Crippen molar-refractivity contribution >= 4 is 29.1 Å². The molecule has 1 fully saturated rings. The van der Waals surface area contributed by atoms with Crippen LogP contribution in [-0.4, -0.2) is 42.8 Å². The van der Waals surface area contributed by atoms with Crippen molar-refractivity contribution in [3.63, 3.8) is 0 Å². The Morgan fingerprint density at radius 1 is 1.45 bits per heavy atom. The van der Waals surface area contributed by atoms with Crippen molar-refractivity contribution in [1.82, 2.24) is 10.6 Å². The lowest BCUT2D eigenvalue weighted by Crippen LogP contribution is -2.49. The van der Waals surface area contributed by atoms with Gasteiger partial charge in [0.2, 0.25) is 0 Å². The largest absolute Gasteiger partial charge is 0.381 e. The molecule has 0 aromatic carbocycles. The maximum Gasteiger partial charge on any atom is 0.315 e. The number of nitrogens with one attached hydrogen (secondary N) is 2. The van der Waals surface area contributed by atoms with E-state index in [-0.39, 0.29) is 16.8 Å². The van der Waals surface area contributed by atoms with Crippen LogP contribution < -0.4 is 10.6 Å². The first-order valence-electron chi connectivity index (χ1n) is 7.75. The molecule has 1 aliphatic heterocycles. The van der Waals surface area contributed by atoms with E-state index < -0.39 is 0 Å². The SMILES string of the molecule is CSC1(CNC(=O)NC(C)Cc2ccc(C)s2)CCOCC1. The van der Waals surface area contributed by atoms with E-state index in [9.17, 15) is 4.79 Å². The fraction of sp³-hybridized carbons (Fsp3) is 0.688. The predicted octanol–water partition coefficient (Wildman–Crippen LogP) is 3.20. The van der Waals surface area contributed by atoms with Crippen LogP contribution in [0.4, 0.5) is 4.79 Å². The van der Waals surface area contributed by atoms with Gasteiger partial charge < -0.3 is 15.4 Å². The normalized spacial score (nSPS) is 18.7. The second kappa shape index (κ2) is 8.22. The zero-order chi connectivity index (χ0) is 16.0. The number of hydrogen-bond donors (Lipinski definition) is 2. The number of amides is 2. The number of carbonyl (C=O) groups excluding carboxylic acids is 1. The monoisotopic (exact) mass is 342 g/mol. The van der Waals surface area contributed by atoms with Crippen LogP contribution >= 0.6 is 23.1 Å². The van der Waals surface area contributed by atoms with Gasteiger partial charge in [-0.25, -0.2) is 4.79 Å². The number of ether oxygens (including phenoxy) is 1. The number of thioether (sulfide) groups is 1. The van der Waals surface area contributed by atoms with Gasteiger partial charge in [0.05, 0.1) is 0 Å². The molecule has 0 spiro atoms. The molecule has 2 N–H and O–H groups in total. The van der Waals surface area contributed by atoms with Crippen molar-refractivity contribution in [3.05, 3.63) is 21.9 Å². The van der Waals surface area contributed by atoms with Gasteiger partial charge in [-0.3, -0.25) is 0 Å². The lowest BCUT2D eigenvalue weighted by Gasteiger charge is -2.35. The highest BCUT2D eigenvalue weighted by molar-refractivity contribution is 8.00. The van der Waals surface area contributed by atoms with E-state index in [4.69, 9.17) is 4.74 Å². The van der Waals surface area contributed by atoms with E-state index in [1.54, 1.807) is 11.3 Å². The Hall–Kier alpha value is -0.720. The van der Waals surface area contributed by atoms with Gasteiger partial charge in [-0.15, -0.1) is 11.3 Å². The maximum absolute atomic E-state index is 12.1. The molecular formula is C16H26N2O2S2. The Labute approximate surface area is 141 Å². The maximum atomic E-state index is 12.1. The Balaban J connectivity index is 1.74. The van der Waals surface area contributed by atoms with Crippen LogP contribution in [0, 0.1) is 6.92 Å². The van der Waals surface area contributed by atoms with Crippen molar-refractivity contribution in [3.8, 4) is 0 Å². The van der Waals surface area contributed by atoms with Crippen LogP contribution in [0.2, 0.25) is 0 Å². The van der Waals surface area contributed by atoms with Crippen molar-refractivity contribution in [2.24, 2.45) is 0 Å². The quantitative estimate of drug-likeness (QED) is 0.835. The summed E-state index contributed by atoms with van der Waals surface area (Å²) in [7, 11) is 0. The molecule has 6 heteroatoms. The average molecular weight is 343 g/mol. The van der Waals surface area contributed by atoms with Gasteiger partial charge in [0.15, 0.2) is 0 Å². The molecule has 1 unspecified atom stereocenters. The third kappa shape index (κ3) is 5.18. The Bertz CT molecular complexity index is 484. The van der Waals surface area contributed by atoms with Gasteiger partial charge in [-0.05, 0) is 45.1 Å². The van der Waals surface area contributed by atoms with Crippen molar-refractivity contribution in [1.29, 1.82) is 0 Å². The number of thiophene rings is 1. The lowest BCUT2D eigenvalue weighted by atomic mass is 9.99. The van der Waals surface area contributed by atoms with Gasteiger partial charge in [-0.1, -0.05) is 0 Å². The molecular weight excluding hydrogens is 316 g/mol. The Kier molecular flexibility index (Phi) is 6.59. The highest BCUT2D eigenvalue weighted by Crippen LogP contribution is 2.32. The van der Waals surface area contributed by atoms with Gasteiger partial charge in [0.1, 0.15) is 0 Å². The standard InChI is InChI=1S/C16H26N2O2S2/c1-12(10-14-5-4-13(2)22-14)18-15(19)17-11-16(21-3)6-8-20-9-7-16/h4-5,12H,6-11H2,1-3H3,(H2,17,18,19). The molecule has 124 valence electrons. The van der Waals surface area contributed by atoms with E-state index in [1.165, 1.54) is 9.75 Å². The van der Waals surface area contributed by atoms with E-state index >= 15 is 0 Å². The fourth-order valence-electron chi connectivity index (χ4n) is 2.66. The first kappa shape index (κ1) is 17.6. The summed E-state index contributed by atoms with van der Waals surface area (Å²) < 4.78 is 5.55. The summed E-state index contributed by atoms with van der Waals surface area (Å²) in [6.07, 6.45) is 5.00. The van der Waals surface area contributed by atoms with E-state index in [2.05, 4.69) is 35.9 Å². The van der Waals surface area contributed by atoms with E-state index in [0.717, 1.165) is 32.5 Å². The van der Waals surface area contributed by atoms with Crippen LogP contribution in [0.15, 0.2) is 12.1 Å². The summed E-state index contributed by atoms with van der Waals surface area (Å²) in [5.74, 6) is 0. The summed E-state index contributed by atoms with van der Waals surface area (Å²) in [4.78, 5) is 14.7. The van der Waals surface area contributed by atoms with Crippen LogP contribution in [0.25, 0.3) is 0 Å². The summed E-state index contributed by atoms with van der Waals surface area (Å²) >= 11 is 3.63. The van der Waals surface area contributed by atoms with Crippen molar-refractivity contribution in [2.45, 2.75) is 43.9 Å². The topological polar surface area (TPSA) is 50.4 Å². The first-order chi connectivity index (χ1) is 10.5. The van der Waals surface area contributed by atoms with Crippen LogP contribution in [0.1, 0.15) is 29.5 Å². The number of rotatable bonds is 6. The van der Waals surface area contributed by atoms with Crippen LogP contribution in [-0.2, 0) is 11.2 Å². The molecule has 1 atom stereocenters. The summed E-state index contributed by atoms with van der Waals surface area (Å²) in [5.41, 5.74) is 0. The smallest absolute Gasteiger partial charge is 0.315 e. The Morgan fingerprint density at radius 2 is 2.18 bits per heavy atom. The van der Waals surface area contributed by atoms with Crippen molar-refractivity contribution < 1.29 is 9.53 Å². The third-order valence-electron chi connectivity index (χ3n) is 4.09. The van der Waals surface area contributed by atoms with Crippen LogP contribution in [0.5, 0.6) is 0 Å². The Morgan fingerprint density at radius 3 is 2.77 bits per heavy atom. The molecule has 0 aliphatic carbocycles. The molecule has 0 radical (unpaired) electrons. The molecule has 22 heavy (non-hydrogen) atoms. The fourth-order valence-corrected chi connectivity index (χ4v) is 4.47. The van der Waals surface area contributed by atoms with Gasteiger partial charge in [0, 0.05) is 46.7 Å². The molecule has 2 rings (SSSR count). The summed E-state index contributed by atoms with van der Waals surface area (Å²) in [5, 5.41) is 6.08. The molecule has 2 amide bonds. The van der Waals surface area contributed by atoms with E-state index in [0.29, 0.717) is 6.54 Å². The average Bonchev–Trinajstić information content (AvgIpc) is 2.91. The minimum Gasteiger partial charge on any atom is -0.381 e. The predicted molar refractivity (Wildman–Crippen MR) is 95.1 cm³/mol. The molecule has 4 nitrogen and oxygen atoms in total. The number of carbonyl (C=O) groups is 1. The molecule has 2 heterocycles. The molecule has 0 saturated carbocycles. The van der Waals surface area contributed by atoms with Gasteiger partial charge in [-0.2, -0.15) is 11.8 Å². The zero-order valence-corrected chi connectivity index (χ0v) is 15.2. The molecule has 0 bridgehead atoms. The number of hydrogen-bond acceptors (Lipinski definition) is 4. The number of aryl methyl sites for hydroxylation is 1. The second-order valence-corrected chi connectivity index (χ2v) is 8.59. The third-order valence-corrected chi connectivity index (χ3v) is 6.53. The number of urea groups is 1. The van der Waals surface area contributed by atoms with Crippen molar-refractivity contribution in [2.75, 3.05) is 26.0 Å². The zero-order valence-electron chi connectivity index (χ0n) is 13.6. The molecule has 1 aromatic heterocycles. The lowest BCUT2D eigenvalue weighted by molar-refractivity contribution is 0.0777. The summed E-state index contributed by atoms with van der Waals surface area (Å²) in [6, 6.07) is 4.33. The molecule has 1 aliphatic rings. The van der Waals surface area contributed by atoms with Gasteiger partial charge >= 0.3 is 6.03 Å². The van der Waals surface area contributed by atoms with Crippen LogP contribution in [0.3, 0.4) is 0 Å². The van der Waals surface area contributed by atoms with Gasteiger partial charge in [0.25, 0.3) is 0 Å². The summed E-state index contributed by atoms with van der Waals surface area (Å²) in [6.45, 7) is 6.44.